The van der Waals surface area contributed by atoms with Crippen LogP contribution in [0, 0.1) is 0 Å². The molecule has 0 aliphatic carbocycles. The zero-order valence-electron chi connectivity index (χ0n) is 17.5. The second-order valence-corrected chi connectivity index (χ2v) is 7.93. The Kier molecular flexibility index (Phi) is 5.86. The number of urea groups is 1. The largest absolute Gasteiger partial charge is 0.437 e. The van der Waals surface area contributed by atoms with E-state index in [1.807, 2.05) is 41.3 Å². The molecule has 2 aromatic carbocycles. The fourth-order valence-electron chi connectivity index (χ4n) is 3.82. The number of nitrogens with zero attached hydrogens (tertiary/aromatic N) is 6. The molecule has 3 heterocycles. The average molecular weight is 462 g/mol. The van der Waals surface area contributed by atoms with Crippen LogP contribution in [0.4, 0.5) is 10.5 Å². The van der Waals surface area contributed by atoms with Crippen LogP contribution in [0.5, 0.6) is 11.6 Å². The second-order valence-electron chi connectivity index (χ2n) is 7.49. The van der Waals surface area contributed by atoms with Crippen molar-refractivity contribution in [3.63, 3.8) is 0 Å². The quantitative estimate of drug-likeness (QED) is 0.441. The summed E-state index contributed by atoms with van der Waals surface area (Å²) in [5.74, 6) is 1.76. The third-order valence-electron chi connectivity index (χ3n) is 5.37. The van der Waals surface area contributed by atoms with Gasteiger partial charge in [0.2, 0.25) is 5.88 Å². The molecule has 1 saturated heterocycles. The van der Waals surface area contributed by atoms with Crippen LogP contribution in [0.1, 0.15) is 17.4 Å². The third kappa shape index (κ3) is 4.63. The lowest BCUT2D eigenvalue weighted by atomic mass is 10.1. The van der Waals surface area contributed by atoms with Gasteiger partial charge in [0.25, 0.3) is 0 Å². The number of hydrogen-bond donors (Lipinski definition) is 1. The Morgan fingerprint density at radius 2 is 2.00 bits per heavy atom. The average Bonchev–Trinajstić information content (AvgIpc) is 3.47. The summed E-state index contributed by atoms with van der Waals surface area (Å²) >= 11 is 6.08. The normalized spacial score (nSPS) is 15.8. The van der Waals surface area contributed by atoms with E-state index >= 15 is 0 Å². The molecule has 1 aliphatic rings. The van der Waals surface area contributed by atoms with Gasteiger partial charge in [0, 0.05) is 42.6 Å². The fourth-order valence-corrected chi connectivity index (χ4v) is 3.95. The van der Waals surface area contributed by atoms with Gasteiger partial charge in [0.1, 0.15) is 17.9 Å². The fraction of sp³-hybridized carbons (Fsp3) is 0.174. The van der Waals surface area contributed by atoms with Gasteiger partial charge in [-0.15, -0.1) is 0 Å². The number of aromatic amines is 1. The molecule has 1 atom stereocenters. The van der Waals surface area contributed by atoms with Crippen molar-refractivity contribution < 1.29 is 9.53 Å². The first-order chi connectivity index (χ1) is 16.2. The third-order valence-corrected chi connectivity index (χ3v) is 5.63. The zero-order valence-corrected chi connectivity index (χ0v) is 18.3. The Bertz CT molecular complexity index is 1220. The standard InChI is InChI=1S/C23H20ClN7O2/c24-17-4-6-18(7-5-17)31-20(14-30(23(31)32)11-8-21-27-15-28-29-21)16-2-1-3-19(12-16)33-22-13-25-9-10-26-22/h1-7,9-10,12-13,15,20H,8,11,14H2,(H,27,28,29)/t20-/m1/s1. The molecule has 0 spiro atoms. The van der Waals surface area contributed by atoms with Gasteiger partial charge in [-0.25, -0.2) is 14.8 Å². The number of anilines is 1. The topological polar surface area (TPSA) is 100 Å². The molecular formula is C23H20ClN7O2. The number of carbonyl (C=O) groups is 1. The van der Waals surface area contributed by atoms with E-state index in [1.54, 1.807) is 35.6 Å². The molecular weight excluding hydrogens is 442 g/mol. The van der Waals surface area contributed by atoms with Crippen LogP contribution in [-0.4, -0.2) is 49.2 Å². The monoisotopic (exact) mass is 461 g/mol. The maximum atomic E-state index is 13.4. The highest BCUT2D eigenvalue weighted by Crippen LogP contribution is 2.36. The number of hydrogen-bond acceptors (Lipinski definition) is 6. The highest BCUT2D eigenvalue weighted by atomic mass is 35.5. The van der Waals surface area contributed by atoms with Crippen molar-refractivity contribution in [3.8, 4) is 11.6 Å². The number of ether oxygens (including phenoxy) is 1. The molecule has 166 valence electrons. The van der Waals surface area contributed by atoms with Crippen molar-refractivity contribution in [3.05, 3.63) is 89.9 Å². The molecule has 1 N–H and O–H groups in total. The first kappa shape index (κ1) is 20.9. The van der Waals surface area contributed by atoms with Crippen LogP contribution >= 0.6 is 11.6 Å². The minimum absolute atomic E-state index is 0.0814. The van der Waals surface area contributed by atoms with Gasteiger partial charge in [-0.3, -0.25) is 15.0 Å². The molecule has 2 amide bonds. The highest BCUT2D eigenvalue weighted by Gasteiger charge is 2.39. The van der Waals surface area contributed by atoms with E-state index in [0.717, 1.165) is 17.1 Å². The van der Waals surface area contributed by atoms with Crippen molar-refractivity contribution in [2.24, 2.45) is 0 Å². The van der Waals surface area contributed by atoms with Crippen molar-refractivity contribution in [2.45, 2.75) is 12.5 Å². The van der Waals surface area contributed by atoms with Gasteiger partial charge in [0.05, 0.1) is 12.2 Å². The summed E-state index contributed by atoms with van der Waals surface area (Å²) in [5.41, 5.74) is 1.72. The van der Waals surface area contributed by atoms with Crippen LogP contribution in [0.25, 0.3) is 0 Å². The molecule has 1 fully saturated rings. The molecule has 1 aliphatic heterocycles. The van der Waals surface area contributed by atoms with Gasteiger partial charge in [-0.05, 0) is 42.0 Å². The van der Waals surface area contributed by atoms with Crippen LogP contribution in [-0.2, 0) is 6.42 Å². The van der Waals surface area contributed by atoms with Gasteiger partial charge >= 0.3 is 6.03 Å². The zero-order chi connectivity index (χ0) is 22.6. The summed E-state index contributed by atoms with van der Waals surface area (Å²) in [6.45, 7) is 1.04. The minimum atomic E-state index is -0.209. The lowest BCUT2D eigenvalue weighted by molar-refractivity contribution is 0.221. The molecule has 0 radical (unpaired) electrons. The van der Waals surface area contributed by atoms with E-state index in [1.165, 1.54) is 6.33 Å². The maximum Gasteiger partial charge on any atom is 0.325 e. The van der Waals surface area contributed by atoms with Crippen LogP contribution in [0.3, 0.4) is 0 Å². The van der Waals surface area contributed by atoms with E-state index in [9.17, 15) is 4.79 Å². The summed E-state index contributed by atoms with van der Waals surface area (Å²) in [4.78, 5) is 29.4. The van der Waals surface area contributed by atoms with Crippen molar-refractivity contribution in [2.75, 3.05) is 18.0 Å². The maximum absolute atomic E-state index is 13.4. The second kappa shape index (κ2) is 9.25. The Morgan fingerprint density at radius 1 is 1.12 bits per heavy atom. The Hall–Kier alpha value is -3.98. The molecule has 4 aromatic rings. The predicted molar refractivity (Wildman–Crippen MR) is 122 cm³/mol. The molecule has 0 unspecified atom stereocenters. The Labute approximate surface area is 195 Å². The SMILES string of the molecule is O=C1N(CCc2ncn[nH]2)C[C@H](c2cccc(Oc3cnccn3)c2)N1c1ccc(Cl)cc1. The summed E-state index contributed by atoms with van der Waals surface area (Å²) < 4.78 is 5.86. The summed E-state index contributed by atoms with van der Waals surface area (Å²) in [5, 5.41) is 7.34. The molecule has 0 bridgehead atoms. The first-order valence-corrected chi connectivity index (χ1v) is 10.8. The molecule has 9 nitrogen and oxygen atoms in total. The summed E-state index contributed by atoms with van der Waals surface area (Å²) in [6.07, 6.45) is 6.76. The van der Waals surface area contributed by atoms with E-state index in [2.05, 4.69) is 25.1 Å². The summed E-state index contributed by atoms with van der Waals surface area (Å²) in [6, 6.07) is 14.7. The van der Waals surface area contributed by atoms with E-state index < -0.39 is 0 Å². The predicted octanol–water partition coefficient (Wildman–Crippen LogP) is 4.27. The number of aromatic nitrogens is 5. The molecule has 2 aromatic heterocycles. The van der Waals surface area contributed by atoms with Crippen LogP contribution in [0.2, 0.25) is 5.02 Å². The Balaban J connectivity index is 1.43. The number of halogens is 1. The number of H-pyrrole nitrogens is 1. The molecule has 5 rings (SSSR count). The number of nitrogens with one attached hydrogen (secondary N) is 1. The molecule has 33 heavy (non-hydrogen) atoms. The number of carbonyl (C=O) groups excluding carboxylic acids is 1. The van der Waals surface area contributed by atoms with Crippen molar-refractivity contribution in [1.82, 2.24) is 30.0 Å². The van der Waals surface area contributed by atoms with Crippen molar-refractivity contribution >= 4 is 23.3 Å². The molecule has 0 saturated carbocycles. The number of rotatable bonds is 7. The Morgan fingerprint density at radius 3 is 2.76 bits per heavy atom. The van der Waals surface area contributed by atoms with Gasteiger partial charge in [-0.2, -0.15) is 5.10 Å². The number of benzene rings is 2. The van der Waals surface area contributed by atoms with E-state index in [-0.39, 0.29) is 12.1 Å². The number of amides is 2. The van der Waals surface area contributed by atoms with Crippen LogP contribution in [0.15, 0.2) is 73.4 Å². The lowest BCUT2D eigenvalue weighted by Crippen LogP contribution is -2.33. The van der Waals surface area contributed by atoms with Crippen LogP contribution < -0.4 is 9.64 Å². The smallest absolute Gasteiger partial charge is 0.325 e. The van der Waals surface area contributed by atoms with Gasteiger partial charge in [-0.1, -0.05) is 23.7 Å². The van der Waals surface area contributed by atoms with E-state index in [4.69, 9.17) is 16.3 Å². The van der Waals surface area contributed by atoms with Crippen molar-refractivity contribution in [1.29, 1.82) is 0 Å². The first-order valence-electron chi connectivity index (χ1n) is 10.4. The van der Waals surface area contributed by atoms with Gasteiger partial charge in [0.15, 0.2) is 0 Å². The van der Waals surface area contributed by atoms with E-state index in [0.29, 0.717) is 36.2 Å². The summed E-state index contributed by atoms with van der Waals surface area (Å²) in [7, 11) is 0. The highest BCUT2D eigenvalue weighted by molar-refractivity contribution is 6.30. The minimum Gasteiger partial charge on any atom is -0.437 e. The lowest BCUT2D eigenvalue weighted by Gasteiger charge is -2.24. The molecule has 10 heteroatoms. The van der Waals surface area contributed by atoms with Gasteiger partial charge < -0.3 is 9.64 Å².